The van der Waals surface area contributed by atoms with Crippen molar-refractivity contribution < 1.29 is 23.2 Å². The largest absolute Gasteiger partial charge is 0.444 e. The molecular weight excluding hydrogens is 391 g/mol. The van der Waals surface area contributed by atoms with Crippen LogP contribution in [0.3, 0.4) is 0 Å². The molecule has 0 radical (unpaired) electrons. The standard InChI is InChI=1S/C21H27FN4O4/c1-21(2,3)29-20(27)26-7-4-13(5-8-26)18-24-19(30-25-18)15-10-17(23-11-16(15)22)14-6-9-28-12-14/h10-11,13-14H,4-9,12H2,1-3H3. The predicted octanol–water partition coefficient (Wildman–Crippen LogP) is 3.89. The summed E-state index contributed by atoms with van der Waals surface area (Å²) in [5, 5.41) is 4.08. The Labute approximate surface area is 174 Å². The minimum Gasteiger partial charge on any atom is -0.444 e. The number of rotatable bonds is 3. The Bertz CT molecular complexity index is 897. The van der Waals surface area contributed by atoms with E-state index in [4.69, 9.17) is 14.0 Å². The second kappa shape index (κ2) is 8.29. The first-order chi connectivity index (χ1) is 14.3. The van der Waals surface area contributed by atoms with Crippen molar-refractivity contribution in [2.45, 2.75) is 57.5 Å². The summed E-state index contributed by atoms with van der Waals surface area (Å²) in [5.41, 5.74) is 0.514. The molecule has 0 N–H and O–H groups in total. The third-order valence-corrected chi connectivity index (χ3v) is 5.41. The third-order valence-electron chi connectivity index (χ3n) is 5.41. The molecule has 4 heterocycles. The smallest absolute Gasteiger partial charge is 0.410 e. The number of carbonyl (C=O) groups is 1. The number of halogens is 1. The van der Waals surface area contributed by atoms with Gasteiger partial charge in [-0.2, -0.15) is 4.98 Å². The number of carbonyl (C=O) groups excluding carboxylic acids is 1. The molecule has 1 amide bonds. The second-order valence-electron chi connectivity index (χ2n) is 8.85. The molecule has 0 aliphatic carbocycles. The fraction of sp³-hybridized carbons (Fsp3) is 0.619. The first-order valence-electron chi connectivity index (χ1n) is 10.4. The summed E-state index contributed by atoms with van der Waals surface area (Å²) in [6, 6.07) is 1.68. The number of nitrogens with zero attached hydrogens (tertiary/aromatic N) is 4. The van der Waals surface area contributed by atoms with E-state index in [0.717, 1.165) is 12.1 Å². The van der Waals surface area contributed by atoms with Gasteiger partial charge in [0.1, 0.15) is 5.60 Å². The van der Waals surface area contributed by atoms with Crippen LogP contribution >= 0.6 is 0 Å². The van der Waals surface area contributed by atoms with Crippen LogP contribution in [0.25, 0.3) is 11.5 Å². The van der Waals surface area contributed by atoms with E-state index in [1.807, 2.05) is 20.8 Å². The molecule has 1 unspecified atom stereocenters. The highest BCUT2D eigenvalue weighted by molar-refractivity contribution is 5.68. The normalized spacial score (nSPS) is 20.5. The van der Waals surface area contributed by atoms with Gasteiger partial charge in [-0.1, -0.05) is 5.16 Å². The fourth-order valence-electron chi connectivity index (χ4n) is 3.77. The van der Waals surface area contributed by atoms with Crippen LogP contribution in [0.1, 0.15) is 63.4 Å². The molecule has 2 aliphatic heterocycles. The molecule has 2 aromatic rings. The Balaban J connectivity index is 1.43. The zero-order valence-electron chi connectivity index (χ0n) is 17.6. The van der Waals surface area contributed by atoms with E-state index in [2.05, 4.69) is 15.1 Å². The number of aromatic nitrogens is 3. The average molecular weight is 418 g/mol. The van der Waals surface area contributed by atoms with Gasteiger partial charge in [-0.15, -0.1) is 0 Å². The summed E-state index contributed by atoms with van der Waals surface area (Å²) >= 11 is 0. The molecule has 2 saturated heterocycles. The Morgan fingerprint density at radius 3 is 2.67 bits per heavy atom. The predicted molar refractivity (Wildman–Crippen MR) is 105 cm³/mol. The lowest BCUT2D eigenvalue weighted by Gasteiger charge is -2.32. The average Bonchev–Trinajstić information content (AvgIpc) is 3.40. The van der Waals surface area contributed by atoms with Gasteiger partial charge < -0.3 is 18.9 Å². The lowest BCUT2D eigenvalue weighted by molar-refractivity contribution is 0.0203. The monoisotopic (exact) mass is 418 g/mol. The van der Waals surface area contributed by atoms with Crippen molar-refractivity contribution in [3.63, 3.8) is 0 Å². The quantitative estimate of drug-likeness (QED) is 0.747. The number of hydrogen-bond acceptors (Lipinski definition) is 7. The van der Waals surface area contributed by atoms with E-state index >= 15 is 0 Å². The summed E-state index contributed by atoms with van der Waals surface area (Å²) in [6.07, 6.45) is 3.15. The van der Waals surface area contributed by atoms with E-state index in [0.29, 0.717) is 45.0 Å². The number of ether oxygens (including phenoxy) is 2. The van der Waals surface area contributed by atoms with Gasteiger partial charge in [0.2, 0.25) is 0 Å². The third kappa shape index (κ3) is 4.61. The van der Waals surface area contributed by atoms with Crippen molar-refractivity contribution in [3.8, 4) is 11.5 Å². The van der Waals surface area contributed by atoms with Crippen LogP contribution in [0.2, 0.25) is 0 Å². The molecule has 2 aromatic heterocycles. The van der Waals surface area contributed by atoms with Crippen LogP contribution in [0.15, 0.2) is 16.8 Å². The van der Waals surface area contributed by atoms with Crippen molar-refractivity contribution in [1.29, 1.82) is 0 Å². The van der Waals surface area contributed by atoms with Crippen molar-refractivity contribution in [2.75, 3.05) is 26.3 Å². The van der Waals surface area contributed by atoms with E-state index in [1.54, 1.807) is 11.0 Å². The molecule has 1 atom stereocenters. The maximum Gasteiger partial charge on any atom is 0.410 e. The zero-order valence-corrected chi connectivity index (χ0v) is 17.6. The number of hydrogen-bond donors (Lipinski definition) is 0. The number of amides is 1. The van der Waals surface area contributed by atoms with Gasteiger partial charge in [-0.3, -0.25) is 4.98 Å². The number of pyridine rings is 1. The van der Waals surface area contributed by atoms with E-state index in [1.165, 1.54) is 6.20 Å². The summed E-state index contributed by atoms with van der Waals surface area (Å²) < 4.78 is 30.6. The van der Waals surface area contributed by atoms with Crippen LogP contribution in [0.4, 0.5) is 9.18 Å². The molecule has 2 fully saturated rings. The summed E-state index contributed by atoms with van der Waals surface area (Å²) in [6.45, 7) is 7.93. The van der Waals surface area contributed by atoms with E-state index in [-0.39, 0.29) is 29.4 Å². The first kappa shape index (κ1) is 20.7. The highest BCUT2D eigenvalue weighted by atomic mass is 19.1. The fourth-order valence-corrected chi connectivity index (χ4v) is 3.77. The molecule has 0 bridgehead atoms. The summed E-state index contributed by atoms with van der Waals surface area (Å²) in [4.78, 5) is 22.6. The molecule has 0 spiro atoms. The number of likely N-dealkylation sites (tertiary alicyclic amines) is 1. The number of piperidine rings is 1. The molecule has 30 heavy (non-hydrogen) atoms. The van der Waals surface area contributed by atoms with Gasteiger partial charge in [0, 0.05) is 37.2 Å². The topological polar surface area (TPSA) is 90.6 Å². The molecule has 162 valence electrons. The van der Waals surface area contributed by atoms with Crippen molar-refractivity contribution in [1.82, 2.24) is 20.0 Å². The SMILES string of the molecule is CC(C)(C)OC(=O)N1CCC(c2noc(-c3cc(C4CCOC4)ncc3F)n2)CC1. The molecule has 9 heteroatoms. The Morgan fingerprint density at radius 2 is 2.00 bits per heavy atom. The Morgan fingerprint density at radius 1 is 1.23 bits per heavy atom. The highest BCUT2D eigenvalue weighted by Crippen LogP contribution is 2.31. The van der Waals surface area contributed by atoms with Crippen LogP contribution in [-0.2, 0) is 9.47 Å². The maximum atomic E-state index is 14.4. The Kier molecular flexibility index (Phi) is 5.73. The van der Waals surface area contributed by atoms with Gasteiger partial charge >= 0.3 is 6.09 Å². The van der Waals surface area contributed by atoms with Crippen LogP contribution in [-0.4, -0.2) is 58.0 Å². The summed E-state index contributed by atoms with van der Waals surface area (Å²) in [5.74, 6) is 0.403. The van der Waals surface area contributed by atoms with Gasteiger partial charge in [-0.05, 0) is 46.1 Å². The molecule has 0 aromatic carbocycles. The molecular formula is C21H27FN4O4. The van der Waals surface area contributed by atoms with E-state index < -0.39 is 11.4 Å². The molecule has 0 saturated carbocycles. The van der Waals surface area contributed by atoms with Crippen LogP contribution in [0.5, 0.6) is 0 Å². The van der Waals surface area contributed by atoms with Gasteiger partial charge in [0.05, 0.1) is 18.4 Å². The zero-order chi connectivity index (χ0) is 21.3. The second-order valence-corrected chi connectivity index (χ2v) is 8.85. The van der Waals surface area contributed by atoms with E-state index in [9.17, 15) is 9.18 Å². The minimum atomic E-state index is -0.519. The van der Waals surface area contributed by atoms with Gasteiger partial charge in [-0.25, -0.2) is 9.18 Å². The van der Waals surface area contributed by atoms with Crippen molar-refractivity contribution in [2.24, 2.45) is 0 Å². The molecule has 8 nitrogen and oxygen atoms in total. The van der Waals surface area contributed by atoms with Crippen molar-refractivity contribution in [3.05, 3.63) is 29.6 Å². The molecule has 2 aliphatic rings. The lowest BCUT2D eigenvalue weighted by atomic mass is 9.96. The van der Waals surface area contributed by atoms with Gasteiger partial charge in [0.25, 0.3) is 5.89 Å². The maximum absolute atomic E-state index is 14.4. The Hall–Kier alpha value is -2.55. The highest BCUT2D eigenvalue weighted by Gasteiger charge is 2.30. The summed E-state index contributed by atoms with van der Waals surface area (Å²) in [7, 11) is 0. The minimum absolute atomic E-state index is 0.0498. The van der Waals surface area contributed by atoms with Crippen molar-refractivity contribution >= 4 is 6.09 Å². The molecule has 4 rings (SSSR count). The first-order valence-corrected chi connectivity index (χ1v) is 10.4. The van der Waals surface area contributed by atoms with Gasteiger partial charge in [0.15, 0.2) is 11.6 Å². The van der Waals surface area contributed by atoms with Crippen LogP contribution in [0, 0.1) is 5.82 Å². The van der Waals surface area contributed by atoms with Crippen LogP contribution < -0.4 is 0 Å². The lowest BCUT2D eigenvalue weighted by Crippen LogP contribution is -2.41.